The van der Waals surface area contributed by atoms with Crippen LogP contribution in [0.3, 0.4) is 0 Å². The zero-order chi connectivity index (χ0) is 14.3. The number of hydrogen-bond acceptors (Lipinski definition) is 3. The number of likely N-dealkylation sites (tertiary alicyclic amines) is 1. The Hall–Kier alpha value is -1.10. The van der Waals surface area contributed by atoms with Gasteiger partial charge in [0.1, 0.15) is 0 Å². The second-order valence-electron chi connectivity index (χ2n) is 5.48. The van der Waals surface area contributed by atoms with E-state index in [1.165, 1.54) is 0 Å². The summed E-state index contributed by atoms with van der Waals surface area (Å²) >= 11 is 0. The van der Waals surface area contributed by atoms with Crippen molar-refractivity contribution in [3.8, 4) is 0 Å². The van der Waals surface area contributed by atoms with Gasteiger partial charge < -0.3 is 16.0 Å². The van der Waals surface area contributed by atoms with E-state index in [1.54, 1.807) is 0 Å². The van der Waals surface area contributed by atoms with E-state index in [0.717, 1.165) is 32.4 Å². The molecule has 0 spiro atoms. The van der Waals surface area contributed by atoms with E-state index in [2.05, 4.69) is 5.32 Å². The summed E-state index contributed by atoms with van der Waals surface area (Å²) in [5.74, 6) is 0.533. The highest BCUT2D eigenvalue weighted by molar-refractivity contribution is 5.79. The van der Waals surface area contributed by atoms with Crippen molar-refractivity contribution >= 4 is 11.8 Å². The molecule has 3 N–H and O–H groups in total. The van der Waals surface area contributed by atoms with Gasteiger partial charge in [0.05, 0.1) is 0 Å². The Morgan fingerprint density at radius 2 is 2.21 bits per heavy atom. The maximum atomic E-state index is 12.1. The van der Waals surface area contributed by atoms with E-state index in [0.29, 0.717) is 25.4 Å². The van der Waals surface area contributed by atoms with E-state index in [9.17, 15) is 9.59 Å². The smallest absolute Gasteiger partial charge is 0.226 e. The lowest BCUT2D eigenvalue weighted by Crippen LogP contribution is -2.46. The zero-order valence-corrected chi connectivity index (χ0v) is 12.2. The normalized spacial score (nSPS) is 21.0. The van der Waals surface area contributed by atoms with Gasteiger partial charge in [-0.1, -0.05) is 13.8 Å². The van der Waals surface area contributed by atoms with Crippen LogP contribution in [-0.4, -0.2) is 42.9 Å². The average molecular weight is 269 g/mol. The molecule has 2 atom stereocenters. The van der Waals surface area contributed by atoms with Crippen molar-refractivity contribution in [3.63, 3.8) is 0 Å². The molecule has 0 aromatic heterocycles. The van der Waals surface area contributed by atoms with Crippen molar-refractivity contribution in [2.45, 2.75) is 39.5 Å². The van der Waals surface area contributed by atoms with Gasteiger partial charge in [-0.15, -0.1) is 0 Å². The molecule has 1 saturated heterocycles. The van der Waals surface area contributed by atoms with Crippen LogP contribution < -0.4 is 11.1 Å². The Morgan fingerprint density at radius 1 is 1.47 bits per heavy atom. The Morgan fingerprint density at radius 3 is 2.84 bits per heavy atom. The summed E-state index contributed by atoms with van der Waals surface area (Å²) in [6, 6.07) is 0. The van der Waals surface area contributed by atoms with E-state index < -0.39 is 0 Å². The van der Waals surface area contributed by atoms with Crippen LogP contribution in [-0.2, 0) is 9.59 Å². The first-order valence-electron chi connectivity index (χ1n) is 7.34. The first-order valence-corrected chi connectivity index (χ1v) is 7.34. The number of amides is 2. The molecule has 0 radical (unpaired) electrons. The lowest BCUT2D eigenvalue weighted by atomic mass is 9.96. The van der Waals surface area contributed by atoms with Crippen LogP contribution in [0.1, 0.15) is 39.5 Å². The van der Waals surface area contributed by atoms with Crippen molar-refractivity contribution in [3.05, 3.63) is 0 Å². The van der Waals surface area contributed by atoms with Crippen molar-refractivity contribution in [1.29, 1.82) is 0 Å². The molecule has 5 heteroatoms. The predicted octanol–water partition coefficient (Wildman–Crippen LogP) is 0.736. The fourth-order valence-corrected chi connectivity index (χ4v) is 2.42. The molecule has 19 heavy (non-hydrogen) atoms. The summed E-state index contributed by atoms with van der Waals surface area (Å²) < 4.78 is 0. The minimum absolute atomic E-state index is 0.103. The lowest BCUT2D eigenvalue weighted by molar-refractivity contribution is -0.136. The van der Waals surface area contributed by atoms with Crippen molar-refractivity contribution in [2.24, 2.45) is 17.6 Å². The highest BCUT2D eigenvalue weighted by Gasteiger charge is 2.26. The third-order valence-electron chi connectivity index (χ3n) is 3.67. The van der Waals surface area contributed by atoms with Gasteiger partial charge in [-0.05, 0) is 25.2 Å². The molecule has 5 nitrogen and oxygen atoms in total. The van der Waals surface area contributed by atoms with E-state index in [1.807, 2.05) is 18.7 Å². The number of nitrogens with two attached hydrogens (primary N) is 1. The van der Waals surface area contributed by atoms with Crippen molar-refractivity contribution in [1.82, 2.24) is 10.2 Å². The van der Waals surface area contributed by atoms with Crippen LogP contribution in [0.5, 0.6) is 0 Å². The summed E-state index contributed by atoms with van der Waals surface area (Å²) in [6.07, 6.45) is 3.54. The van der Waals surface area contributed by atoms with Gasteiger partial charge >= 0.3 is 0 Å². The monoisotopic (exact) mass is 269 g/mol. The molecular weight excluding hydrogens is 242 g/mol. The van der Waals surface area contributed by atoms with Gasteiger partial charge in [0, 0.05) is 38.5 Å². The molecule has 1 fully saturated rings. The van der Waals surface area contributed by atoms with Gasteiger partial charge in [-0.25, -0.2) is 0 Å². The number of piperidine rings is 1. The summed E-state index contributed by atoms with van der Waals surface area (Å²) in [7, 11) is 0. The first-order chi connectivity index (χ1) is 9.08. The number of rotatable bonds is 6. The largest absolute Gasteiger partial charge is 0.356 e. The maximum Gasteiger partial charge on any atom is 0.226 e. The van der Waals surface area contributed by atoms with Crippen LogP contribution in [0.2, 0.25) is 0 Å². The van der Waals surface area contributed by atoms with E-state index in [4.69, 9.17) is 5.73 Å². The van der Waals surface area contributed by atoms with Crippen LogP contribution in [0, 0.1) is 11.8 Å². The Labute approximate surface area is 115 Å². The summed E-state index contributed by atoms with van der Waals surface area (Å²) in [5, 5.41) is 2.95. The SMILES string of the molecule is CCCC(=O)NCC1CCCN(C(=O)C(C)CN)C1. The van der Waals surface area contributed by atoms with Gasteiger partial charge in [0.25, 0.3) is 0 Å². The van der Waals surface area contributed by atoms with E-state index >= 15 is 0 Å². The number of nitrogens with zero attached hydrogens (tertiary/aromatic N) is 1. The summed E-state index contributed by atoms with van der Waals surface area (Å²) in [6.45, 7) is 6.51. The zero-order valence-electron chi connectivity index (χ0n) is 12.2. The van der Waals surface area contributed by atoms with Crippen LogP contribution in [0.25, 0.3) is 0 Å². The number of carbonyl (C=O) groups is 2. The Kier molecular flexibility index (Phi) is 6.84. The lowest BCUT2D eigenvalue weighted by Gasteiger charge is -2.34. The van der Waals surface area contributed by atoms with Crippen molar-refractivity contribution in [2.75, 3.05) is 26.2 Å². The highest BCUT2D eigenvalue weighted by atomic mass is 16.2. The fourth-order valence-electron chi connectivity index (χ4n) is 2.42. The Balaban J connectivity index is 2.37. The quantitative estimate of drug-likeness (QED) is 0.746. The molecule has 2 unspecified atom stereocenters. The molecule has 1 heterocycles. The molecule has 0 aliphatic carbocycles. The minimum atomic E-state index is -0.103. The fraction of sp³-hybridized carbons (Fsp3) is 0.857. The summed E-state index contributed by atoms with van der Waals surface area (Å²) in [4.78, 5) is 25.4. The standard InChI is InChI=1S/C14H27N3O2/c1-3-5-13(18)16-9-12-6-4-7-17(10-12)14(19)11(2)8-15/h11-12H,3-10,15H2,1-2H3,(H,16,18). The van der Waals surface area contributed by atoms with E-state index in [-0.39, 0.29) is 17.7 Å². The average Bonchev–Trinajstić information content (AvgIpc) is 2.44. The third-order valence-corrected chi connectivity index (χ3v) is 3.67. The number of hydrogen-bond donors (Lipinski definition) is 2. The Bertz CT molecular complexity index is 307. The molecule has 110 valence electrons. The van der Waals surface area contributed by atoms with Crippen molar-refractivity contribution < 1.29 is 9.59 Å². The van der Waals surface area contributed by atoms with Gasteiger partial charge in [0.15, 0.2) is 0 Å². The second-order valence-corrected chi connectivity index (χ2v) is 5.48. The molecule has 1 aliphatic rings. The molecule has 1 rings (SSSR count). The third kappa shape index (κ3) is 5.19. The molecule has 0 aromatic carbocycles. The second kappa shape index (κ2) is 8.15. The molecule has 0 saturated carbocycles. The van der Waals surface area contributed by atoms with Crippen LogP contribution in [0.15, 0.2) is 0 Å². The summed E-state index contributed by atoms with van der Waals surface area (Å²) in [5.41, 5.74) is 5.54. The molecule has 2 amide bonds. The van der Waals surface area contributed by atoms with Crippen LogP contribution >= 0.6 is 0 Å². The maximum absolute atomic E-state index is 12.1. The first kappa shape index (κ1) is 16.0. The van der Waals surface area contributed by atoms with Gasteiger partial charge in [-0.3, -0.25) is 9.59 Å². The predicted molar refractivity (Wildman–Crippen MR) is 75.4 cm³/mol. The minimum Gasteiger partial charge on any atom is -0.356 e. The molecular formula is C14H27N3O2. The number of nitrogens with one attached hydrogen (secondary N) is 1. The van der Waals surface area contributed by atoms with Gasteiger partial charge in [-0.2, -0.15) is 0 Å². The number of carbonyl (C=O) groups excluding carboxylic acids is 2. The van der Waals surface area contributed by atoms with Crippen LogP contribution in [0.4, 0.5) is 0 Å². The molecule has 0 bridgehead atoms. The molecule has 1 aliphatic heterocycles. The highest BCUT2D eigenvalue weighted by Crippen LogP contribution is 2.17. The van der Waals surface area contributed by atoms with Gasteiger partial charge in [0.2, 0.25) is 11.8 Å². The topological polar surface area (TPSA) is 75.4 Å². The molecule has 0 aromatic rings.